The maximum Gasteiger partial charge on any atom is 0.0489 e. The van der Waals surface area contributed by atoms with Crippen molar-refractivity contribution in [1.29, 1.82) is 0 Å². The molecule has 0 saturated heterocycles. The third-order valence-corrected chi connectivity index (χ3v) is 2.81. The fraction of sp³-hybridized carbons (Fsp3) is 0.875. The van der Waals surface area contributed by atoms with E-state index >= 15 is 0 Å². The first-order valence-electron chi connectivity index (χ1n) is 3.68. The van der Waals surface area contributed by atoms with Crippen LogP contribution >= 0.6 is 34.8 Å². The molecule has 0 spiro atoms. The Balaban J connectivity index is 3.83. The summed E-state index contributed by atoms with van der Waals surface area (Å²) in [7, 11) is 0. The van der Waals surface area contributed by atoms with Gasteiger partial charge in [-0.3, -0.25) is 0 Å². The van der Waals surface area contributed by atoms with Crippen LogP contribution in [0.2, 0.25) is 0 Å². The second-order valence-corrected chi connectivity index (χ2v) is 4.45. The van der Waals surface area contributed by atoms with E-state index in [2.05, 4.69) is 0 Å². The second-order valence-electron chi connectivity index (χ2n) is 2.86. The normalized spacial score (nSPS) is 16.9. The fourth-order valence-corrected chi connectivity index (χ4v) is 1.74. The van der Waals surface area contributed by atoms with E-state index in [4.69, 9.17) is 34.8 Å². The van der Waals surface area contributed by atoms with Gasteiger partial charge in [-0.1, -0.05) is 6.92 Å². The van der Waals surface area contributed by atoms with Crippen LogP contribution in [0, 0.1) is 5.92 Å². The minimum Gasteiger partial charge on any atom is -0.127 e. The molecule has 0 amide bonds. The van der Waals surface area contributed by atoms with Crippen LogP contribution in [-0.4, -0.2) is 16.6 Å². The molecular weight excluding hydrogens is 202 g/mol. The highest BCUT2D eigenvalue weighted by Crippen LogP contribution is 2.33. The van der Waals surface area contributed by atoms with E-state index in [1.807, 2.05) is 13.8 Å². The van der Waals surface area contributed by atoms with Crippen LogP contribution in [0.25, 0.3) is 0 Å². The molecule has 0 bridgehead atoms. The average Bonchev–Trinajstić information content (AvgIpc) is 1.88. The highest BCUT2D eigenvalue weighted by atomic mass is 35.5. The second kappa shape index (κ2) is 5.50. The Morgan fingerprint density at radius 2 is 1.82 bits per heavy atom. The minimum absolute atomic E-state index is 0.267. The van der Waals surface area contributed by atoms with E-state index in [1.54, 1.807) is 0 Å². The van der Waals surface area contributed by atoms with Crippen molar-refractivity contribution in [2.24, 2.45) is 0 Å². The van der Waals surface area contributed by atoms with Gasteiger partial charge in [-0.25, -0.2) is 0 Å². The molecule has 0 aromatic heterocycles. The molecule has 0 fully saturated rings. The Morgan fingerprint density at radius 3 is 2.18 bits per heavy atom. The average molecular weight is 217 g/mol. The summed E-state index contributed by atoms with van der Waals surface area (Å²) in [5.74, 6) is 2.45. The molecule has 3 heteroatoms. The lowest BCUT2D eigenvalue weighted by Gasteiger charge is -2.27. The first-order valence-corrected chi connectivity index (χ1v) is 5.13. The van der Waals surface area contributed by atoms with Gasteiger partial charge in [0.05, 0.1) is 0 Å². The fourth-order valence-electron chi connectivity index (χ4n) is 0.793. The Morgan fingerprint density at radius 1 is 1.27 bits per heavy atom. The van der Waals surface area contributed by atoms with Gasteiger partial charge in [-0.2, -0.15) is 0 Å². The molecule has 1 radical (unpaired) electrons. The van der Waals surface area contributed by atoms with Crippen molar-refractivity contribution in [3.63, 3.8) is 0 Å². The Kier molecular flexibility index (Phi) is 5.94. The largest absolute Gasteiger partial charge is 0.127 e. The third kappa shape index (κ3) is 4.45. The number of hydrogen-bond donors (Lipinski definition) is 0. The summed E-state index contributed by atoms with van der Waals surface area (Å²) in [5, 5.41) is 0. The van der Waals surface area contributed by atoms with Crippen molar-refractivity contribution in [3.05, 3.63) is 5.92 Å². The topological polar surface area (TPSA) is 0 Å². The molecule has 0 N–H and O–H groups in total. The molecule has 0 heterocycles. The van der Waals surface area contributed by atoms with Crippen LogP contribution in [0.3, 0.4) is 0 Å². The Hall–Kier alpha value is 0.870. The predicted molar refractivity (Wildman–Crippen MR) is 53.8 cm³/mol. The summed E-state index contributed by atoms with van der Waals surface area (Å²) < 4.78 is 0. The molecule has 0 nitrogen and oxygen atoms in total. The van der Waals surface area contributed by atoms with Crippen molar-refractivity contribution in [1.82, 2.24) is 0 Å². The highest BCUT2D eigenvalue weighted by molar-refractivity contribution is 6.26. The quantitative estimate of drug-likeness (QED) is 0.613. The van der Waals surface area contributed by atoms with Gasteiger partial charge in [0.15, 0.2) is 0 Å². The van der Waals surface area contributed by atoms with Crippen LogP contribution in [0.15, 0.2) is 0 Å². The van der Waals surface area contributed by atoms with Crippen LogP contribution in [0.4, 0.5) is 0 Å². The van der Waals surface area contributed by atoms with Gasteiger partial charge in [-0.15, -0.1) is 34.8 Å². The zero-order valence-corrected chi connectivity index (χ0v) is 9.23. The van der Waals surface area contributed by atoms with E-state index in [1.165, 1.54) is 5.92 Å². The lowest BCUT2D eigenvalue weighted by molar-refractivity contribution is 0.595. The molecule has 1 atom stereocenters. The van der Waals surface area contributed by atoms with Gasteiger partial charge in [0.25, 0.3) is 0 Å². The standard InChI is InChI=1S/C8H14Cl3/c1-7(3-5-9)8(2,11)4-6-10/h3-6H2,1-2H3. The van der Waals surface area contributed by atoms with Crippen LogP contribution in [0.5, 0.6) is 0 Å². The van der Waals surface area contributed by atoms with E-state index in [-0.39, 0.29) is 4.87 Å². The zero-order chi connectivity index (χ0) is 8.91. The molecule has 11 heavy (non-hydrogen) atoms. The van der Waals surface area contributed by atoms with E-state index in [9.17, 15) is 0 Å². The van der Waals surface area contributed by atoms with Crippen molar-refractivity contribution in [3.8, 4) is 0 Å². The van der Waals surface area contributed by atoms with E-state index in [0.717, 1.165) is 12.8 Å². The zero-order valence-electron chi connectivity index (χ0n) is 6.96. The summed E-state index contributed by atoms with van der Waals surface area (Å²) in [5.41, 5.74) is 0. The first-order chi connectivity index (χ1) is 5.04. The number of hydrogen-bond acceptors (Lipinski definition) is 0. The molecule has 0 aliphatic heterocycles. The van der Waals surface area contributed by atoms with Crippen molar-refractivity contribution >= 4 is 34.8 Å². The monoisotopic (exact) mass is 215 g/mol. The van der Waals surface area contributed by atoms with Gasteiger partial charge >= 0.3 is 0 Å². The lowest BCUT2D eigenvalue weighted by Crippen LogP contribution is -2.25. The number of halogens is 3. The van der Waals surface area contributed by atoms with E-state index < -0.39 is 0 Å². The Bertz CT molecular complexity index is 102. The van der Waals surface area contributed by atoms with Crippen molar-refractivity contribution < 1.29 is 0 Å². The van der Waals surface area contributed by atoms with Gasteiger partial charge in [0.2, 0.25) is 0 Å². The summed E-state index contributed by atoms with van der Waals surface area (Å²) in [6.45, 7) is 4.01. The summed E-state index contributed by atoms with van der Waals surface area (Å²) in [6.07, 6.45) is 1.68. The molecule has 1 unspecified atom stereocenters. The van der Waals surface area contributed by atoms with Crippen LogP contribution in [0.1, 0.15) is 26.7 Å². The maximum atomic E-state index is 6.19. The highest BCUT2D eigenvalue weighted by Gasteiger charge is 2.27. The number of rotatable bonds is 5. The molecule has 0 aliphatic rings. The van der Waals surface area contributed by atoms with Gasteiger partial charge in [-0.05, 0) is 25.7 Å². The molecule has 0 rings (SSSR count). The maximum absolute atomic E-state index is 6.19. The lowest BCUT2D eigenvalue weighted by atomic mass is 9.90. The Labute approximate surface area is 84.2 Å². The van der Waals surface area contributed by atoms with Gasteiger partial charge in [0, 0.05) is 16.6 Å². The number of alkyl halides is 3. The summed E-state index contributed by atoms with van der Waals surface area (Å²) in [4.78, 5) is -0.267. The van der Waals surface area contributed by atoms with Crippen LogP contribution in [-0.2, 0) is 0 Å². The summed E-state index contributed by atoms with van der Waals surface area (Å²) in [6, 6.07) is 0. The molecule has 0 aromatic rings. The molecular formula is C8H14Cl3. The molecule has 0 saturated carbocycles. The SMILES string of the molecule is C[C](CCCl)C(C)(Cl)CCCl. The predicted octanol–water partition coefficient (Wildman–Crippen LogP) is 3.84. The van der Waals surface area contributed by atoms with Gasteiger partial charge < -0.3 is 0 Å². The minimum atomic E-state index is -0.267. The van der Waals surface area contributed by atoms with Crippen LogP contribution < -0.4 is 0 Å². The smallest absolute Gasteiger partial charge is 0.0489 e. The molecule has 67 valence electrons. The first kappa shape index (κ1) is 11.9. The van der Waals surface area contributed by atoms with Gasteiger partial charge in [0.1, 0.15) is 0 Å². The summed E-state index contributed by atoms with van der Waals surface area (Å²) >= 11 is 17.4. The molecule has 0 aromatic carbocycles. The van der Waals surface area contributed by atoms with Crippen molar-refractivity contribution in [2.45, 2.75) is 31.6 Å². The molecule has 0 aliphatic carbocycles. The van der Waals surface area contributed by atoms with E-state index in [0.29, 0.717) is 11.8 Å². The van der Waals surface area contributed by atoms with Crippen molar-refractivity contribution in [2.75, 3.05) is 11.8 Å². The third-order valence-electron chi connectivity index (χ3n) is 1.92.